The van der Waals surface area contributed by atoms with Crippen LogP contribution >= 0.6 is 23.2 Å². The smallest absolute Gasteiger partial charge is 0.0642 e. The largest absolute Gasteiger partial charge is 0.379 e. The van der Waals surface area contributed by atoms with Crippen molar-refractivity contribution in [1.29, 1.82) is 0 Å². The van der Waals surface area contributed by atoms with Crippen molar-refractivity contribution in [2.75, 3.05) is 5.32 Å². The monoisotopic (exact) mass is 279 g/mol. The van der Waals surface area contributed by atoms with E-state index in [0.717, 1.165) is 26.9 Å². The molecule has 0 spiro atoms. The van der Waals surface area contributed by atoms with Crippen molar-refractivity contribution in [2.45, 2.75) is 20.4 Å². The molecule has 0 radical (unpaired) electrons. The lowest BCUT2D eigenvalue weighted by Crippen LogP contribution is -2.02. The van der Waals surface area contributed by atoms with Crippen LogP contribution < -0.4 is 5.32 Å². The number of hydrogen-bond donors (Lipinski definition) is 1. The van der Waals surface area contributed by atoms with Crippen LogP contribution in [-0.2, 0) is 6.54 Å². The first-order chi connectivity index (χ1) is 8.58. The predicted octanol–water partition coefficient (Wildman–Crippen LogP) is 5.22. The van der Waals surface area contributed by atoms with E-state index in [1.165, 1.54) is 5.56 Å². The van der Waals surface area contributed by atoms with Crippen LogP contribution in [-0.4, -0.2) is 0 Å². The Kier molecular flexibility index (Phi) is 4.15. The SMILES string of the molecule is Cc1cc(C)c(NCc2ccccc2Cl)c(Cl)c1. The first kappa shape index (κ1) is 13.3. The number of anilines is 1. The van der Waals surface area contributed by atoms with Crippen LogP contribution in [0.5, 0.6) is 0 Å². The molecular formula is C15H15Cl2N. The summed E-state index contributed by atoms with van der Waals surface area (Å²) in [6, 6.07) is 11.9. The van der Waals surface area contributed by atoms with Crippen LogP contribution in [0.3, 0.4) is 0 Å². The number of rotatable bonds is 3. The molecule has 0 saturated heterocycles. The third-order valence-corrected chi connectivity index (χ3v) is 3.51. The first-order valence-corrected chi connectivity index (χ1v) is 6.57. The molecule has 0 heterocycles. The van der Waals surface area contributed by atoms with Crippen molar-refractivity contribution in [3.8, 4) is 0 Å². The minimum atomic E-state index is 0.670. The van der Waals surface area contributed by atoms with Gasteiger partial charge >= 0.3 is 0 Å². The average Bonchev–Trinajstić information content (AvgIpc) is 2.30. The van der Waals surface area contributed by atoms with Gasteiger partial charge in [-0.2, -0.15) is 0 Å². The zero-order valence-electron chi connectivity index (χ0n) is 10.4. The number of nitrogens with one attached hydrogen (secondary N) is 1. The maximum atomic E-state index is 6.25. The Labute approximate surface area is 118 Å². The fraction of sp³-hybridized carbons (Fsp3) is 0.200. The van der Waals surface area contributed by atoms with E-state index in [1.54, 1.807) is 0 Å². The summed E-state index contributed by atoms with van der Waals surface area (Å²) in [5, 5.41) is 4.87. The van der Waals surface area contributed by atoms with Crippen LogP contribution in [0.2, 0.25) is 10.0 Å². The second-order valence-corrected chi connectivity index (χ2v) is 5.20. The number of benzene rings is 2. The average molecular weight is 280 g/mol. The molecule has 94 valence electrons. The van der Waals surface area contributed by atoms with E-state index in [1.807, 2.05) is 44.2 Å². The normalized spacial score (nSPS) is 10.4. The molecule has 0 saturated carbocycles. The fourth-order valence-corrected chi connectivity index (χ4v) is 2.56. The summed E-state index contributed by atoms with van der Waals surface area (Å²) in [5.41, 5.74) is 4.35. The second-order valence-electron chi connectivity index (χ2n) is 4.38. The topological polar surface area (TPSA) is 12.0 Å². The van der Waals surface area contributed by atoms with E-state index in [2.05, 4.69) is 11.4 Å². The zero-order valence-corrected chi connectivity index (χ0v) is 11.9. The summed E-state index contributed by atoms with van der Waals surface area (Å²) in [5.74, 6) is 0. The molecule has 2 aromatic carbocycles. The molecule has 1 N–H and O–H groups in total. The number of aryl methyl sites for hydroxylation is 2. The molecule has 0 aliphatic carbocycles. The molecule has 0 aromatic heterocycles. The molecule has 0 atom stereocenters. The van der Waals surface area contributed by atoms with Crippen LogP contribution in [0.15, 0.2) is 36.4 Å². The van der Waals surface area contributed by atoms with E-state index in [4.69, 9.17) is 23.2 Å². The van der Waals surface area contributed by atoms with Gasteiger partial charge in [0, 0.05) is 11.6 Å². The Morgan fingerprint density at radius 1 is 1.00 bits per heavy atom. The molecule has 0 amide bonds. The maximum absolute atomic E-state index is 6.25. The van der Waals surface area contributed by atoms with Crippen molar-refractivity contribution in [2.24, 2.45) is 0 Å². The summed E-state index contributed by atoms with van der Waals surface area (Å²) in [7, 11) is 0. The summed E-state index contributed by atoms with van der Waals surface area (Å²) >= 11 is 12.4. The molecule has 2 aromatic rings. The van der Waals surface area contributed by atoms with Crippen LogP contribution in [0.4, 0.5) is 5.69 Å². The number of hydrogen-bond acceptors (Lipinski definition) is 1. The Bertz CT molecular complexity index is 541. The first-order valence-electron chi connectivity index (χ1n) is 5.82. The fourth-order valence-electron chi connectivity index (χ4n) is 1.96. The lowest BCUT2D eigenvalue weighted by Gasteiger charge is -2.13. The molecule has 0 bridgehead atoms. The molecule has 0 aliphatic heterocycles. The van der Waals surface area contributed by atoms with Gasteiger partial charge in [0.05, 0.1) is 10.7 Å². The Hall–Kier alpha value is -1.18. The van der Waals surface area contributed by atoms with Crippen molar-refractivity contribution in [3.63, 3.8) is 0 Å². The van der Waals surface area contributed by atoms with Crippen LogP contribution in [0.25, 0.3) is 0 Å². The summed E-state index contributed by atoms with van der Waals surface area (Å²) < 4.78 is 0. The molecule has 0 unspecified atom stereocenters. The van der Waals surface area contributed by atoms with Gasteiger partial charge in [-0.3, -0.25) is 0 Å². The molecular weight excluding hydrogens is 265 g/mol. The van der Waals surface area contributed by atoms with Crippen molar-refractivity contribution >= 4 is 28.9 Å². The lowest BCUT2D eigenvalue weighted by molar-refractivity contribution is 1.14. The molecule has 2 rings (SSSR count). The van der Waals surface area contributed by atoms with E-state index >= 15 is 0 Å². The van der Waals surface area contributed by atoms with Gasteiger partial charge in [-0.05, 0) is 42.7 Å². The van der Waals surface area contributed by atoms with Crippen molar-refractivity contribution in [3.05, 3.63) is 63.1 Å². The van der Waals surface area contributed by atoms with Gasteiger partial charge in [-0.25, -0.2) is 0 Å². The standard InChI is InChI=1S/C15H15Cl2N/c1-10-7-11(2)15(14(17)8-10)18-9-12-5-3-4-6-13(12)16/h3-8,18H,9H2,1-2H3. The van der Waals surface area contributed by atoms with Gasteiger partial charge in [0.25, 0.3) is 0 Å². The van der Waals surface area contributed by atoms with Crippen molar-refractivity contribution in [1.82, 2.24) is 0 Å². The number of halogens is 2. The third kappa shape index (κ3) is 2.98. The Morgan fingerprint density at radius 2 is 1.72 bits per heavy atom. The summed E-state index contributed by atoms with van der Waals surface area (Å²) in [4.78, 5) is 0. The highest BCUT2D eigenvalue weighted by Gasteiger charge is 2.06. The van der Waals surface area contributed by atoms with Gasteiger partial charge in [-0.1, -0.05) is 47.5 Å². The Balaban J connectivity index is 2.19. The Morgan fingerprint density at radius 3 is 2.39 bits per heavy atom. The molecule has 1 nitrogen and oxygen atoms in total. The minimum Gasteiger partial charge on any atom is -0.379 e. The lowest BCUT2D eigenvalue weighted by atomic mass is 10.1. The van der Waals surface area contributed by atoms with E-state index in [0.29, 0.717) is 6.54 Å². The predicted molar refractivity (Wildman–Crippen MR) is 79.7 cm³/mol. The summed E-state index contributed by atoms with van der Waals surface area (Å²) in [6.45, 7) is 4.76. The van der Waals surface area contributed by atoms with Gasteiger partial charge in [0.2, 0.25) is 0 Å². The van der Waals surface area contributed by atoms with Crippen molar-refractivity contribution < 1.29 is 0 Å². The van der Waals surface area contributed by atoms with Crippen LogP contribution in [0.1, 0.15) is 16.7 Å². The highest BCUT2D eigenvalue weighted by Crippen LogP contribution is 2.28. The molecule has 0 aliphatic rings. The maximum Gasteiger partial charge on any atom is 0.0642 e. The minimum absolute atomic E-state index is 0.670. The quantitative estimate of drug-likeness (QED) is 0.812. The van der Waals surface area contributed by atoms with Gasteiger partial charge in [-0.15, -0.1) is 0 Å². The van der Waals surface area contributed by atoms with Crippen LogP contribution in [0, 0.1) is 13.8 Å². The molecule has 18 heavy (non-hydrogen) atoms. The van der Waals surface area contributed by atoms with E-state index in [-0.39, 0.29) is 0 Å². The molecule has 3 heteroatoms. The molecule has 0 fully saturated rings. The van der Waals surface area contributed by atoms with Gasteiger partial charge in [0.1, 0.15) is 0 Å². The second kappa shape index (κ2) is 5.64. The summed E-state index contributed by atoms with van der Waals surface area (Å²) in [6.07, 6.45) is 0. The van der Waals surface area contributed by atoms with E-state index in [9.17, 15) is 0 Å². The highest BCUT2D eigenvalue weighted by atomic mass is 35.5. The zero-order chi connectivity index (χ0) is 13.1. The third-order valence-electron chi connectivity index (χ3n) is 2.85. The van der Waals surface area contributed by atoms with Gasteiger partial charge in [0.15, 0.2) is 0 Å². The van der Waals surface area contributed by atoms with E-state index < -0.39 is 0 Å². The van der Waals surface area contributed by atoms with Gasteiger partial charge < -0.3 is 5.32 Å². The highest BCUT2D eigenvalue weighted by molar-refractivity contribution is 6.33.